The van der Waals surface area contributed by atoms with Crippen LogP contribution in [0.4, 0.5) is 5.82 Å². The minimum Gasteiger partial charge on any atom is -0.356 e. The topological polar surface area (TPSA) is 28.2 Å². The molecule has 21 heavy (non-hydrogen) atoms. The number of hydrogen-bond donors (Lipinski definition) is 1. The largest absolute Gasteiger partial charge is 0.356 e. The van der Waals surface area contributed by atoms with Crippen LogP contribution in [0.15, 0.2) is 12.1 Å². The van der Waals surface area contributed by atoms with Gasteiger partial charge in [-0.25, -0.2) is 4.98 Å². The standard InChI is InChI=1S/C18H29N3/c1-14(2)11-19-12-15-5-4-10-21(13-15)18-9-8-16-6-3-7-17(16)20-18/h8-9,14-15,19H,3-7,10-13H2,1-2H3. The van der Waals surface area contributed by atoms with Crippen LogP contribution in [-0.4, -0.2) is 31.2 Å². The molecular formula is C18H29N3. The van der Waals surface area contributed by atoms with E-state index in [1.165, 1.54) is 55.7 Å². The van der Waals surface area contributed by atoms with Crippen LogP contribution in [0.2, 0.25) is 0 Å². The first-order valence-corrected chi connectivity index (χ1v) is 8.67. The molecule has 116 valence electrons. The lowest BCUT2D eigenvalue weighted by molar-refractivity contribution is 0.381. The van der Waals surface area contributed by atoms with Gasteiger partial charge in [-0.15, -0.1) is 0 Å². The fourth-order valence-electron chi connectivity index (χ4n) is 3.60. The van der Waals surface area contributed by atoms with E-state index >= 15 is 0 Å². The van der Waals surface area contributed by atoms with E-state index in [1.807, 2.05) is 0 Å². The van der Waals surface area contributed by atoms with E-state index in [-0.39, 0.29) is 0 Å². The highest BCUT2D eigenvalue weighted by molar-refractivity contribution is 5.43. The average molecular weight is 287 g/mol. The zero-order valence-corrected chi connectivity index (χ0v) is 13.6. The second-order valence-electron chi connectivity index (χ2n) is 7.14. The Labute approximate surface area is 129 Å². The molecule has 0 amide bonds. The summed E-state index contributed by atoms with van der Waals surface area (Å²) in [5, 5.41) is 3.62. The van der Waals surface area contributed by atoms with Crippen LogP contribution >= 0.6 is 0 Å². The number of nitrogens with one attached hydrogen (secondary N) is 1. The molecule has 0 aromatic carbocycles. The molecule has 2 heterocycles. The number of anilines is 1. The van der Waals surface area contributed by atoms with E-state index < -0.39 is 0 Å². The summed E-state index contributed by atoms with van der Waals surface area (Å²) in [6, 6.07) is 4.55. The lowest BCUT2D eigenvalue weighted by Gasteiger charge is -2.34. The van der Waals surface area contributed by atoms with Crippen molar-refractivity contribution in [3.8, 4) is 0 Å². The van der Waals surface area contributed by atoms with Crippen LogP contribution < -0.4 is 10.2 Å². The number of rotatable bonds is 5. The van der Waals surface area contributed by atoms with Gasteiger partial charge in [-0.3, -0.25) is 0 Å². The van der Waals surface area contributed by atoms with Gasteiger partial charge >= 0.3 is 0 Å². The van der Waals surface area contributed by atoms with E-state index in [0.29, 0.717) is 0 Å². The van der Waals surface area contributed by atoms with Crippen LogP contribution in [0.3, 0.4) is 0 Å². The van der Waals surface area contributed by atoms with Crippen molar-refractivity contribution in [2.45, 2.75) is 46.0 Å². The number of piperidine rings is 1. The number of aromatic nitrogens is 1. The van der Waals surface area contributed by atoms with Crippen LogP contribution in [0, 0.1) is 11.8 Å². The Morgan fingerprint density at radius 1 is 1.29 bits per heavy atom. The highest BCUT2D eigenvalue weighted by atomic mass is 15.2. The predicted molar refractivity (Wildman–Crippen MR) is 88.9 cm³/mol. The molecule has 1 atom stereocenters. The van der Waals surface area contributed by atoms with E-state index in [1.54, 1.807) is 0 Å². The Morgan fingerprint density at radius 2 is 2.19 bits per heavy atom. The number of hydrogen-bond acceptors (Lipinski definition) is 3. The van der Waals surface area contributed by atoms with Crippen molar-refractivity contribution >= 4 is 5.82 Å². The first-order valence-electron chi connectivity index (χ1n) is 8.67. The second kappa shape index (κ2) is 6.78. The van der Waals surface area contributed by atoms with Gasteiger partial charge in [0.05, 0.1) is 0 Å². The normalized spacial score (nSPS) is 21.9. The third kappa shape index (κ3) is 3.76. The van der Waals surface area contributed by atoms with Crippen molar-refractivity contribution in [3.63, 3.8) is 0 Å². The van der Waals surface area contributed by atoms with Gasteiger partial charge in [-0.05, 0) is 68.7 Å². The summed E-state index contributed by atoms with van der Waals surface area (Å²) in [5.41, 5.74) is 2.83. The molecule has 0 saturated carbocycles. The molecule has 0 bridgehead atoms. The predicted octanol–water partition coefficient (Wildman–Crippen LogP) is 3.03. The summed E-state index contributed by atoms with van der Waals surface area (Å²) in [6.07, 6.45) is 6.34. The van der Waals surface area contributed by atoms with Crippen LogP contribution in [0.25, 0.3) is 0 Å². The van der Waals surface area contributed by atoms with Crippen molar-refractivity contribution in [1.82, 2.24) is 10.3 Å². The molecule has 1 saturated heterocycles. The summed E-state index contributed by atoms with van der Waals surface area (Å²) in [5.74, 6) is 2.72. The van der Waals surface area contributed by atoms with E-state index in [9.17, 15) is 0 Å². The highest BCUT2D eigenvalue weighted by Gasteiger charge is 2.22. The summed E-state index contributed by atoms with van der Waals surface area (Å²) < 4.78 is 0. The van der Waals surface area contributed by atoms with Gasteiger partial charge in [0.1, 0.15) is 5.82 Å². The molecule has 3 heteroatoms. The van der Waals surface area contributed by atoms with Gasteiger partial charge in [0.15, 0.2) is 0 Å². The maximum atomic E-state index is 4.93. The number of fused-ring (bicyclic) bond motifs is 1. The summed E-state index contributed by atoms with van der Waals surface area (Å²) in [6.45, 7) is 9.17. The maximum Gasteiger partial charge on any atom is 0.128 e. The fourth-order valence-corrected chi connectivity index (χ4v) is 3.60. The van der Waals surface area contributed by atoms with Gasteiger partial charge in [-0.1, -0.05) is 19.9 Å². The van der Waals surface area contributed by atoms with Crippen molar-refractivity contribution in [3.05, 3.63) is 23.4 Å². The third-order valence-electron chi connectivity index (χ3n) is 4.74. The SMILES string of the molecule is CC(C)CNCC1CCCN(c2ccc3c(n2)CCC3)C1. The minimum atomic E-state index is 0.739. The lowest BCUT2D eigenvalue weighted by Crippen LogP contribution is -2.40. The number of aryl methyl sites for hydroxylation is 2. The van der Waals surface area contributed by atoms with Gasteiger partial charge < -0.3 is 10.2 Å². The Morgan fingerprint density at radius 3 is 3.05 bits per heavy atom. The summed E-state index contributed by atoms with van der Waals surface area (Å²) in [4.78, 5) is 7.43. The van der Waals surface area contributed by atoms with E-state index in [4.69, 9.17) is 4.98 Å². The molecule has 1 aliphatic carbocycles. The maximum absolute atomic E-state index is 4.93. The summed E-state index contributed by atoms with van der Waals surface area (Å²) in [7, 11) is 0. The van der Waals surface area contributed by atoms with Gasteiger partial charge in [-0.2, -0.15) is 0 Å². The molecule has 3 nitrogen and oxygen atoms in total. The zero-order valence-electron chi connectivity index (χ0n) is 13.6. The van der Waals surface area contributed by atoms with Crippen molar-refractivity contribution in [1.29, 1.82) is 0 Å². The third-order valence-corrected chi connectivity index (χ3v) is 4.74. The van der Waals surface area contributed by atoms with Crippen LogP contribution in [-0.2, 0) is 12.8 Å². The van der Waals surface area contributed by atoms with Crippen LogP contribution in [0.5, 0.6) is 0 Å². The van der Waals surface area contributed by atoms with Crippen LogP contribution in [0.1, 0.15) is 44.4 Å². The Hall–Kier alpha value is -1.09. The van der Waals surface area contributed by atoms with Gasteiger partial charge in [0.25, 0.3) is 0 Å². The molecule has 2 aliphatic rings. The fraction of sp³-hybridized carbons (Fsp3) is 0.722. The van der Waals surface area contributed by atoms with Crippen molar-refractivity contribution in [2.75, 3.05) is 31.1 Å². The molecule has 3 rings (SSSR count). The van der Waals surface area contributed by atoms with Crippen molar-refractivity contribution in [2.24, 2.45) is 11.8 Å². The molecule has 1 aromatic rings. The quantitative estimate of drug-likeness (QED) is 0.902. The van der Waals surface area contributed by atoms with E-state index in [2.05, 4.69) is 36.2 Å². The Bertz CT molecular complexity index is 470. The van der Waals surface area contributed by atoms with Crippen molar-refractivity contribution < 1.29 is 0 Å². The molecule has 0 radical (unpaired) electrons. The zero-order chi connectivity index (χ0) is 14.7. The molecular weight excluding hydrogens is 258 g/mol. The minimum absolute atomic E-state index is 0.739. The second-order valence-corrected chi connectivity index (χ2v) is 7.14. The molecule has 1 N–H and O–H groups in total. The molecule has 1 aromatic heterocycles. The van der Waals surface area contributed by atoms with Gasteiger partial charge in [0, 0.05) is 18.8 Å². The molecule has 0 spiro atoms. The molecule has 1 fully saturated rings. The monoisotopic (exact) mass is 287 g/mol. The molecule has 1 aliphatic heterocycles. The first-order chi connectivity index (χ1) is 10.2. The van der Waals surface area contributed by atoms with Gasteiger partial charge in [0.2, 0.25) is 0 Å². The Kier molecular flexibility index (Phi) is 4.79. The average Bonchev–Trinajstić information content (AvgIpc) is 2.94. The number of pyridine rings is 1. The molecule has 1 unspecified atom stereocenters. The first kappa shape index (κ1) is 14.8. The Balaban J connectivity index is 1.58. The highest BCUT2D eigenvalue weighted by Crippen LogP contribution is 2.26. The lowest BCUT2D eigenvalue weighted by atomic mass is 9.97. The summed E-state index contributed by atoms with van der Waals surface area (Å²) >= 11 is 0. The smallest absolute Gasteiger partial charge is 0.128 e. The number of nitrogens with zero attached hydrogens (tertiary/aromatic N) is 2. The van der Waals surface area contributed by atoms with E-state index in [0.717, 1.165) is 31.5 Å².